The lowest BCUT2D eigenvalue weighted by Gasteiger charge is -2.19. The van der Waals surface area contributed by atoms with E-state index < -0.39 is 0 Å². The zero-order valence-electron chi connectivity index (χ0n) is 18.7. The van der Waals surface area contributed by atoms with Crippen LogP contribution in [0.5, 0.6) is 0 Å². The second-order valence-electron chi connectivity index (χ2n) is 7.75. The Kier molecular flexibility index (Phi) is 5.59. The van der Waals surface area contributed by atoms with Gasteiger partial charge in [-0.15, -0.1) is 0 Å². The van der Waals surface area contributed by atoms with Crippen molar-refractivity contribution in [2.75, 3.05) is 0 Å². The molecule has 1 N–H and O–H groups in total. The fourth-order valence-corrected chi connectivity index (χ4v) is 4.26. The molecule has 4 rings (SSSR count). The number of nitrogens with one attached hydrogen (secondary N) is 1. The van der Waals surface area contributed by atoms with Crippen LogP contribution in [0.4, 0.5) is 0 Å². The molecule has 0 saturated heterocycles. The molecule has 0 spiro atoms. The number of carbonyl (C=O) groups is 1. The molecule has 0 aliphatic heterocycles. The van der Waals surface area contributed by atoms with E-state index in [1.807, 2.05) is 55.1 Å². The summed E-state index contributed by atoms with van der Waals surface area (Å²) in [4.78, 5) is 18.3. The van der Waals surface area contributed by atoms with Gasteiger partial charge >= 0.3 is 0 Å². The number of carbonyl (C=O) groups excluding carboxylic acids is 1. The second kappa shape index (κ2) is 8.34. The zero-order chi connectivity index (χ0) is 22.1. The molecule has 7 nitrogen and oxygen atoms in total. The van der Waals surface area contributed by atoms with Crippen LogP contribution in [0.25, 0.3) is 22.3 Å². The maximum atomic E-state index is 13.5. The lowest BCUT2D eigenvalue weighted by Crippen LogP contribution is -2.29. The van der Waals surface area contributed by atoms with Gasteiger partial charge in [-0.05, 0) is 45.4 Å². The Labute approximate surface area is 182 Å². The van der Waals surface area contributed by atoms with Crippen LogP contribution < -0.4 is 5.32 Å². The summed E-state index contributed by atoms with van der Waals surface area (Å²) in [6, 6.07) is 11.4. The zero-order valence-corrected chi connectivity index (χ0v) is 18.7. The Morgan fingerprint density at radius 2 is 1.94 bits per heavy atom. The molecule has 160 valence electrons. The van der Waals surface area contributed by atoms with Crippen LogP contribution >= 0.6 is 0 Å². The summed E-state index contributed by atoms with van der Waals surface area (Å²) in [5.74, 6) is -0.114. The van der Waals surface area contributed by atoms with Crippen LogP contribution in [0.3, 0.4) is 0 Å². The van der Waals surface area contributed by atoms with Gasteiger partial charge in [0.1, 0.15) is 0 Å². The Morgan fingerprint density at radius 1 is 1.16 bits per heavy atom. The third kappa shape index (κ3) is 3.71. The predicted molar refractivity (Wildman–Crippen MR) is 122 cm³/mol. The molecule has 4 aromatic rings. The third-order valence-corrected chi connectivity index (χ3v) is 5.84. The number of hydrogen-bond acceptors (Lipinski definition) is 4. The predicted octanol–water partition coefficient (Wildman–Crippen LogP) is 4.35. The van der Waals surface area contributed by atoms with Gasteiger partial charge < -0.3 is 5.32 Å². The second-order valence-corrected chi connectivity index (χ2v) is 7.75. The van der Waals surface area contributed by atoms with Crippen LogP contribution in [-0.4, -0.2) is 30.5 Å². The molecule has 0 bridgehead atoms. The molecular weight excluding hydrogens is 388 g/mol. The number of para-hydroxylation sites is 1. The van der Waals surface area contributed by atoms with Gasteiger partial charge in [0.05, 0.1) is 34.2 Å². The smallest absolute Gasteiger partial charge is 0.252 e. The number of nitrogens with zero attached hydrogens (tertiary/aromatic N) is 5. The topological polar surface area (TPSA) is 77.6 Å². The van der Waals surface area contributed by atoms with Crippen molar-refractivity contribution in [3.05, 3.63) is 65.1 Å². The van der Waals surface area contributed by atoms with Crippen molar-refractivity contribution < 1.29 is 4.79 Å². The average Bonchev–Trinajstić information content (AvgIpc) is 3.33. The molecular formula is C24H28N6O. The van der Waals surface area contributed by atoms with Gasteiger partial charge in [0.15, 0.2) is 0 Å². The summed E-state index contributed by atoms with van der Waals surface area (Å²) in [7, 11) is 1.87. The highest BCUT2D eigenvalue weighted by Crippen LogP contribution is 2.28. The van der Waals surface area contributed by atoms with E-state index in [9.17, 15) is 4.79 Å². The van der Waals surface area contributed by atoms with Crippen LogP contribution in [0.15, 0.2) is 42.6 Å². The van der Waals surface area contributed by atoms with Gasteiger partial charge in [0.2, 0.25) is 0 Å². The van der Waals surface area contributed by atoms with Crippen molar-refractivity contribution in [2.45, 2.75) is 46.7 Å². The summed E-state index contributed by atoms with van der Waals surface area (Å²) in [5, 5.41) is 13.0. The molecule has 0 radical (unpaired) electrons. The average molecular weight is 417 g/mol. The number of pyridine rings is 1. The van der Waals surface area contributed by atoms with Gasteiger partial charge in [-0.1, -0.05) is 25.1 Å². The van der Waals surface area contributed by atoms with E-state index in [0.717, 1.165) is 52.2 Å². The molecule has 3 heterocycles. The van der Waals surface area contributed by atoms with Crippen LogP contribution in [0, 0.1) is 13.8 Å². The summed E-state index contributed by atoms with van der Waals surface area (Å²) < 4.78 is 3.75. The number of hydrogen-bond donors (Lipinski definition) is 1. The van der Waals surface area contributed by atoms with Crippen LogP contribution in [0.2, 0.25) is 0 Å². The molecule has 0 fully saturated rings. The van der Waals surface area contributed by atoms with Crippen LogP contribution in [-0.2, 0) is 13.6 Å². The van der Waals surface area contributed by atoms with E-state index in [-0.39, 0.29) is 11.9 Å². The van der Waals surface area contributed by atoms with Gasteiger partial charge in [-0.2, -0.15) is 10.2 Å². The number of aromatic nitrogens is 5. The lowest BCUT2D eigenvalue weighted by molar-refractivity contribution is 0.0937. The fraction of sp³-hybridized carbons (Fsp3) is 0.333. The number of amides is 1. The monoisotopic (exact) mass is 416 g/mol. The van der Waals surface area contributed by atoms with E-state index in [1.54, 1.807) is 10.9 Å². The van der Waals surface area contributed by atoms with E-state index >= 15 is 0 Å². The summed E-state index contributed by atoms with van der Waals surface area (Å²) >= 11 is 0. The molecule has 0 saturated carbocycles. The molecule has 0 aliphatic carbocycles. The van der Waals surface area contributed by atoms with Crippen molar-refractivity contribution in [1.29, 1.82) is 0 Å². The maximum Gasteiger partial charge on any atom is 0.252 e. The largest absolute Gasteiger partial charge is 0.345 e. The molecule has 0 aliphatic rings. The van der Waals surface area contributed by atoms with Gasteiger partial charge in [-0.25, -0.2) is 4.98 Å². The Balaban J connectivity index is 1.77. The summed E-state index contributed by atoms with van der Waals surface area (Å²) in [5.41, 5.74) is 6.14. The Morgan fingerprint density at radius 3 is 2.58 bits per heavy atom. The lowest BCUT2D eigenvalue weighted by atomic mass is 10.0. The van der Waals surface area contributed by atoms with Crippen LogP contribution in [0.1, 0.15) is 53.6 Å². The van der Waals surface area contributed by atoms with E-state index in [1.165, 1.54) is 0 Å². The quantitative estimate of drug-likeness (QED) is 0.507. The van der Waals surface area contributed by atoms with E-state index in [4.69, 9.17) is 4.98 Å². The molecule has 31 heavy (non-hydrogen) atoms. The van der Waals surface area contributed by atoms with Crippen molar-refractivity contribution in [3.63, 3.8) is 0 Å². The first-order valence-electron chi connectivity index (χ1n) is 10.7. The number of fused-ring (bicyclic) bond motifs is 1. The van der Waals surface area contributed by atoms with Gasteiger partial charge in [-0.3, -0.25) is 14.2 Å². The minimum atomic E-state index is -0.114. The van der Waals surface area contributed by atoms with Crippen molar-refractivity contribution in [2.24, 2.45) is 7.05 Å². The molecule has 7 heteroatoms. The first-order valence-corrected chi connectivity index (χ1v) is 10.7. The fourth-order valence-electron chi connectivity index (χ4n) is 4.26. The van der Waals surface area contributed by atoms with Crippen molar-refractivity contribution in [3.8, 4) is 11.4 Å². The minimum absolute atomic E-state index is 0.111. The first kappa shape index (κ1) is 20.8. The highest BCUT2D eigenvalue weighted by molar-refractivity contribution is 6.07. The Bertz CT molecular complexity index is 1250. The normalized spacial score (nSPS) is 12.3. The molecule has 1 atom stereocenters. The molecule has 0 unspecified atom stereocenters. The molecule has 3 aromatic heterocycles. The van der Waals surface area contributed by atoms with E-state index in [2.05, 4.69) is 36.3 Å². The van der Waals surface area contributed by atoms with Gasteiger partial charge in [0.25, 0.3) is 5.91 Å². The van der Waals surface area contributed by atoms with Crippen molar-refractivity contribution in [1.82, 2.24) is 29.9 Å². The molecule has 1 amide bonds. The summed E-state index contributed by atoms with van der Waals surface area (Å²) in [6.45, 7) is 9.03. The minimum Gasteiger partial charge on any atom is -0.345 e. The Hall–Kier alpha value is -3.48. The first-order chi connectivity index (χ1) is 14.9. The SMILES string of the molecule is CC[C@H](NC(=O)c1cc(-c2ccnn2C)nc2ccccc12)c1c(C)nn(CC)c1C. The standard InChI is InChI=1S/C24H28N6O/c1-6-19(23-15(3)28-30(7-2)16(23)4)27-24(31)18-14-21(22-12-13-25-29(22)5)26-20-11-9-8-10-17(18)20/h8-14,19H,6-7H2,1-5H3,(H,27,31)/t19-/m0/s1. The number of benzene rings is 1. The number of rotatable bonds is 6. The molecule has 1 aromatic carbocycles. The van der Waals surface area contributed by atoms with E-state index in [0.29, 0.717) is 5.56 Å². The van der Waals surface area contributed by atoms with Gasteiger partial charge in [0, 0.05) is 36.4 Å². The summed E-state index contributed by atoms with van der Waals surface area (Å²) in [6.07, 6.45) is 2.51. The maximum absolute atomic E-state index is 13.5. The highest BCUT2D eigenvalue weighted by atomic mass is 16.1. The highest BCUT2D eigenvalue weighted by Gasteiger charge is 2.23. The van der Waals surface area contributed by atoms with Crippen molar-refractivity contribution >= 4 is 16.8 Å². The number of aryl methyl sites for hydroxylation is 3. The third-order valence-electron chi connectivity index (χ3n) is 5.84.